The van der Waals surface area contributed by atoms with Gasteiger partial charge in [0.1, 0.15) is 11.8 Å². The van der Waals surface area contributed by atoms with Gasteiger partial charge in [-0.05, 0) is 61.9 Å². The maximum absolute atomic E-state index is 13.1. The average Bonchev–Trinajstić information content (AvgIpc) is 3.30. The Morgan fingerprint density at radius 1 is 1.09 bits per heavy atom. The minimum Gasteiger partial charge on any atom is -0.506 e. The number of phenolic OH excluding ortho intramolecular Hbond substituents is 1. The highest BCUT2D eigenvalue weighted by atomic mass is 32.2. The quantitative estimate of drug-likeness (QED) is 0.509. The summed E-state index contributed by atoms with van der Waals surface area (Å²) in [4.78, 5) is 25.9. The molecule has 1 aliphatic rings. The fourth-order valence-corrected chi connectivity index (χ4v) is 5.38. The SMILES string of the molecule is Cc1ccccc1C(=O)NC(CC(C)C)C(=O)Nc1cc(S(=O)(=O)N2CCCC2)ccc1O. The van der Waals surface area contributed by atoms with Gasteiger partial charge in [-0.15, -0.1) is 0 Å². The molecule has 1 atom stereocenters. The van der Waals surface area contributed by atoms with Gasteiger partial charge in [-0.3, -0.25) is 9.59 Å². The summed E-state index contributed by atoms with van der Waals surface area (Å²) in [6.07, 6.45) is 1.98. The van der Waals surface area contributed by atoms with Crippen molar-refractivity contribution in [1.29, 1.82) is 0 Å². The first-order chi connectivity index (χ1) is 15.6. The van der Waals surface area contributed by atoms with Gasteiger partial charge in [-0.1, -0.05) is 32.0 Å². The zero-order chi connectivity index (χ0) is 24.2. The lowest BCUT2D eigenvalue weighted by Crippen LogP contribution is -2.44. The first-order valence-corrected chi connectivity index (χ1v) is 12.5. The van der Waals surface area contributed by atoms with Crippen molar-refractivity contribution < 1.29 is 23.1 Å². The van der Waals surface area contributed by atoms with Crippen molar-refractivity contribution in [2.75, 3.05) is 18.4 Å². The minimum atomic E-state index is -3.71. The summed E-state index contributed by atoms with van der Waals surface area (Å²) in [5, 5.41) is 15.6. The van der Waals surface area contributed by atoms with Crippen LogP contribution in [0.15, 0.2) is 47.4 Å². The Hall–Kier alpha value is -2.91. The van der Waals surface area contributed by atoms with Gasteiger partial charge in [0, 0.05) is 18.7 Å². The van der Waals surface area contributed by atoms with Crippen molar-refractivity contribution in [2.45, 2.75) is 51.0 Å². The van der Waals surface area contributed by atoms with E-state index in [9.17, 15) is 23.1 Å². The second-order valence-electron chi connectivity index (χ2n) is 8.75. The van der Waals surface area contributed by atoms with Gasteiger partial charge < -0.3 is 15.7 Å². The summed E-state index contributed by atoms with van der Waals surface area (Å²) in [6.45, 7) is 6.58. The molecule has 8 nitrogen and oxygen atoms in total. The van der Waals surface area contributed by atoms with Crippen LogP contribution in [0.3, 0.4) is 0 Å². The van der Waals surface area contributed by atoms with Crippen LogP contribution in [0.25, 0.3) is 0 Å². The molecule has 2 aromatic rings. The predicted octanol–water partition coefficient (Wildman–Crippen LogP) is 3.27. The van der Waals surface area contributed by atoms with Gasteiger partial charge in [0.05, 0.1) is 10.6 Å². The Balaban J connectivity index is 1.81. The third kappa shape index (κ3) is 5.91. The fraction of sp³-hybridized carbons (Fsp3) is 0.417. The maximum atomic E-state index is 13.1. The number of nitrogens with zero attached hydrogens (tertiary/aromatic N) is 1. The standard InChI is InChI=1S/C24H31N3O5S/c1-16(2)14-21(26-23(29)19-9-5-4-8-17(19)3)24(30)25-20-15-18(10-11-22(20)28)33(31,32)27-12-6-7-13-27/h4-5,8-11,15-16,21,28H,6-7,12-14H2,1-3H3,(H,25,30)(H,26,29). The molecule has 1 unspecified atom stereocenters. The van der Waals surface area contributed by atoms with Crippen LogP contribution in [0.4, 0.5) is 5.69 Å². The number of aromatic hydroxyl groups is 1. The molecule has 0 bridgehead atoms. The van der Waals surface area contributed by atoms with Crippen LogP contribution in [-0.4, -0.2) is 48.8 Å². The smallest absolute Gasteiger partial charge is 0.252 e. The van der Waals surface area contributed by atoms with Crippen molar-refractivity contribution in [3.05, 3.63) is 53.6 Å². The zero-order valence-electron chi connectivity index (χ0n) is 19.2. The number of carbonyl (C=O) groups excluding carboxylic acids is 2. The Labute approximate surface area is 195 Å². The van der Waals surface area contributed by atoms with Crippen LogP contribution >= 0.6 is 0 Å². The maximum Gasteiger partial charge on any atom is 0.252 e. The molecule has 1 fully saturated rings. The van der Waals surface area contributed by atoms with E-state index in [0.717, 1.165) is 18.4 Å². The number of aryl methyl sites for hydroxylation is 1. The highest BCUT2D eigenvalue weighted by Gasteiger charge is 2.29. The van der Waals surface area contributed by atoms with Crippen molar-refractivity contribution in [1.82, 2.24) is 9.62 Å². The molecule has 1 heterocycles. The molecule has 1 aliphatic heterocycles. The average molecular weight is 474 g/mol. The monoisotopic (exact) mass is 473 g/mol. The Morgan fingerprint density at radius 2 is 1.76 bits per heavy atom. The molecule has 9 heteroatoms. The molecule has 0 spiro atoms. The van der Waals surface area contributed by atoms with E-state index in [1.54, 1.807) is 12.1 Å². The van der Waals surface area contributed by atoms with Crippen molar-refractivity contribution in [3.63, 3.8) is 0 Å². The van der Waals surface area contributed by atoms with Gasteiger partial charge in [0.2, 0.25) is 15.9 Å². The summed E-state index contributed by atoms with van der Waals surface area (Å²) in [5.41, 5.74) is 1.25. The third-order valence-corrected chi connectivity index (χ3v) is 7.54. The Kier molecular flexibility index (Phi) is 7.76. The number of amides is 2. The summed E-state index contributed by atoms with van der Waals surface area (Å²) < 4.78 is 27.1. The largest absolute Gasteiger partial charge is 0.506 e. The number of hydrogen-bond acceptors (Lipinski definition) is 5. The summed E-state index contributed by atoms with van der Waals surface area (Å²) >= 11 is 0. The van der Waals surface area contributed by atoms with E-state index < -0.39 is 22.0 Å². The number of rotatable bonds is 8. The number of sulfonamides is 1. The van der Waals surface area contributed by atoms with Crippen LogP contribution in [0.5, 0.6) is 5.75 Å². The molecule has 3 N–H and O–H groups in total. The molecule has 2 aromatic carbocycles. The highest BCUT2D eigenvalue weighted by Crippen LogP contribution is 2.29. The molecule has 3 rings (SSSR count). The van der Waals surface area contributed by atoms with Crippen molar-refractivity contribution >= 4 is 27.5 Å². The van der Waals surface area contributed by atoms with E-state index >= 15 is 0 Å². The van der Waals surface area contributed by atoms with E-state index in [2.05, 4.69) is 10.6 Å². The Bertz CT molecular complexity index is 1120. The van der Waals surface area contributed by atoms with Gasteiger partial charge in [0.15, 0.2) is 0 Å². The van der Waals surface area contributed by atoms with Crippen LogP contribution in [0, 0.1) is 12.8 Å². The number of hydrogen-bond donors (Lipinski definition) is 3. The van der Waals surface area contributed by atoms with E-state index in [1.165, 1.54) is 22.5 Å². The molecule has 0 saturated carbocycles. The number of phenols is 1. The molecule has 1 saturated heterocycles. The van der Waals surface area contributed by atoms with Gasteiger partial charge >= 0.3 is 0 Å². The molecule has 0 radical (unpaired) electrons. The van der Waals surface area contributed by atoms with Crippen LogP contribution in [0.1, 0.15) is 49.0 Å². The van der Waals surface area contributed by atoms with E-state index in [1.807, 2.05) is 32.9 Å². The molecule has 33 heavy (non-hydrogen) atoms. The molecule has 178 valence electrons. The lowest BCUT2D eigenvalue weighted by molar-refractivity contribution is -0.118. The van der Waals surface area contributed by atoms with E-state index in [4.69, 9.17) is 0 Å². The second-order valence-corrected chi connectivity index (χ2v) is 10.7. The van der Waals surface area contributed by atoms with Crippen LogP contribution < -0.4 is 10.6 Å². The summed E-state index contributed by atoms with van der Waals surface area (Å²) in [5.74, 6) is -1.05. The number of carbonyl (C=O) groups is 2. The summed E-state index contributed by atoms with van der Waals surface area (Å²) in [7, 11) is -3.71. The molecular formula is C24H31N3O5S. The first-order valence-electron chi connectivity index (χ1n) is 11.1. The minimum absolute atomic E-state index is 0.00172. The molecule has 0 aromatic heterocycles. The van der Waals surface area contributed by atoms with Crippen molar-refractivity contribution in [3.8, 4) is 5.75 Å². The topological polar surface area (TPSA) is 116 Å². The van der Waals surface area contributed by atoms with E-state index in [-0.39, 0.29) is 28.2 Å². The number of anilines is 1. The number of nitrogens with one attached hydrogen (secondary N) is 2. The zero-order valence-corrected chi connectivity index (χ0v) is 20.0. The van der Waals surface area contributed by atoms with Crippen LogP contribution in [-0.2, 0) is 14.8 Å². The van der Waals surface area contributed by atoms with E-state index in [0.29, 0.717) is 25.1 Å². The number of benzene rings is 2. The Morgan fingerprint density at radius 3 is 2.39 bits per heavy atom. The lowest BCUT2D eigenvalue weighted by atomic mass is 10.0. The predicted molar refractivity (Wildman–Crippen MR) is 127 cm³/mol. The second kappa shape index (κ2) is 10.4. The van der Waals surface area contributed by atoms with Crippen LogP contribution in [0.2, 0.25) is 0 Å². The molecule has 2 amide bonds. The van der Waals surface area contributed by atoms with Gasteiger partial charge in [-0.2, -0.15) is 4.31 Å². The van der Waals surface area contributed by atoms with Gasteiger partial charge in [0.25, 0.3) is 5.91 Å². The summed E-state index contributed by atoms with van der Waals surface area (Å²) in [6, 6.07) is 10.1. The highest BCUT2D eigenvalue weighted by molar-refractivity contribution is 7.89. The fourth-order valence-electron chi connectivity index (χ4n) is 3.84. The lowest BCUT2D eigenvalue weighted by Gasteiger charge is -2.21. The van der Waals surface area contributed by atoms with Gasteiger partial charge in [-0.25, -0.2) is 8.42 Å². The van der Waals surface area contributed by atoms with Crippen molar-refractivity contribution in [2.24, 2.45) is 5.92 Å². The molecular weight excluding hydrogens is 442 g/mol. The normalized spacial score (nSPS) is 15.4. The first kappa shape index (κ1) is 24.7. The molecule has 0 aliphatic carbocycles. The third-order valence-electron chi connectivity index (χ3n) is 5.65.